The van der Waals surface area contributed by atoms with Crippen molar-refractivity contribution in [2.24, 2.45) is 0 Å². The molecule has 1 unspecified atom stereocenters. The van der Waals surface area contributed by atoms with E-state index in [2.05, 4.69) is 44.4 Å². The summed E-state index contributed by atoms with van der Waals surface area (Å²) in [6, 6.07) is 2.52. The fraction of sp³-hybridized carbons (Fsp3) is 0.600. The summed E-state index contributed by atoms with van der Waals surface area (Å²) >= 11 is 0. The molecule has 18 heavy (non-hydrogen) atoms. The summed E-state index contributed by atoms with van der Waals surface area (Å²) in [4.78, 5) is 0. The second-order valence-electron chi connectivity index (χ2n) is 4.73. The van der Waals surface area contributed by atoms with Crippen LogP contribution in [0.15, 0.2) is 6.07 Å². The van der Waals surface area contributed by atoms with E-state index in [1.165, 1.54) is 22.3 Å². The second-order valence-corrected chi connectivity index (χ2v) is 4.73. The smallest absolute Gasteiger partial charge is 0.127 e. The zero-order valence-corrected chi connectivity index (χ0v) is 12.5. The lowest BCUT2D eigenvalue weighted by molar-refractivity contribution is 0.395. The molecule has 0 aliphatic carbocycles. The summed E-state index contributed by atoms with van der Waals surface area (Å²) in [5, 5.41) is 6.77. The first kappa shape index (κ1) is 15.0. The van der Waals surface area contributed by atoms with Gasteiger partial charge in [-0.25, -0.2) is 0 Å². The Bertz CT molecular complexity index is 402. The van der Waals surface area contributed by atoms with Crippen LogP contribution in [0.3, 0.4) is 0 Å². The third-order valence-electron chi connectivity index (χ3n) is 3.53. The Morgan fingerprint density at radius 2 is 1.89 bits per heavy atom. The van der Waals surface area contributed by atoms with Gasteiger partial charge >= 0.3 is 0 Å². The van der Waals surface area contributed by atoms with Crippen LogP contribution in [0.1, 0.15) is 35.2 Å². The molecule has 102 valence electrons. The minimum absolute atomic E-state index is 0.277. The van der Waals surface area contributed by atoms with Crippen molar-refractivity contribution in [1.29, 1.82) is 0 Å². The Balaban J connectivity index is 3.23. The van der Waals surface area contributed by atoms with Gasteiger partial charge in [-0.1, -0.05) is 13.0 Å². The molecule has 0 saturated heterocycles. The van der Waals surface area contributed by atoms with Crippen molar-refractivity contribution in [2.75, 3.05) is 27.2 Å². The quantitative estimate of drug-likeness (QED) is 0.814. The highest BCUT2D eigenvalue weighted by Gasteiger charge is 2.19. The van der Waals surface area contributed by atoms with Crippen molar-refractivity contribution in [2.45, 2.75) is 33.7 Å². The van der Waals surface area contributed by atoms with Gasteiger partial charge in [-0.15, -0.1) is 0 Å². The van der Waals surface area contributed by atoms with Crippen LogP contribution in [0.4, 0.5) is 0 Å². The predicted octanol–water partition coefficient (Wildman–Crippen LogP) is 2.49. The van der Waals surface area contributed by atoms with E-state index in [1.54, 1.807) is 7.11 Å². The highest BCUT2D eigenvalue weighted by Crippen LogP contribution is 2.33. The van der Waals surface area contributed by atoms with Gasteiger partial charge in [-0.3, -0.25) is 0 Å². The molecule has 0 heterocycles. The van der Waals surface area contributed by atoms with Gasteiger partial charge in [0.05, 0.1) is 7.11 Å². The molecule has 1 rings (SSSR count). The Kier molecular flexibility index (Phi) is 5.63. The lowest BCUT2D eigenvalue weighted by Crippen LogP contribution is -2.30. The molecular weight excluding hydrogens is 224 g/mol. The number of ether oxygens (including phenoxy) is 1. The van der Waals surface area contributed by atoms with Crippen molar-refractivity contribution in [3.63, 3.8) is 0 Å². The maximum Gasteiger partial charge on any atom is 0.127 e. The van der Waals surface area contributed by atoms with Crippen LogP contribution in [-0.4, -0.2) is 27.2 Å². The maximum atomic E-state index is 5.63. The van der Waals surface area contributed by atoms with Crippen molar-refractivity contribution in [3.05, 3.63) is 28.3 Å². The SMILES string of the molecule is CCNCC(NC)c1c(C)cc(C)c(C)c1OC. The van der Waals surface area contributed by atoms with Crippen LogP contribution in [0.2, 0.25) is 0 Å². The molecule has 0 spiro atoms. The minimum Gasteiger partial charge on any atom is -0.496 e. The van der Waals surface area contributed by atoms with Gasteiger partial charge in [0, 0.05) is 18.2 Å². The lowest BCUT2D eigenvalue weighted by atomic mass is 9.94. The van der Waals surface area contributed by atoms with E-state index in [0.29, 0.717) is 0 Å². The molecule has 1 atom stereocenters. The Labute approximate surface area is 111 Å². The van der Waals surface area contributed by atoms with Gasteiger partial charge in [0.15, 0.2) is 0 Å². The van der Waals surface area contributed by atoms with Gasteiger partial charge in [-0.2, -0.15) is 0 Å². The maximum absolute atomic E-state index is 5.63. The number of methoxy groups -OCH3 is 1. The molecule has 0 amide bonds. The summed E-state index contributed by atoms with van der Waals surface area (Å²) in [6.07, 6.45) is 0. The molecule has 0 aliphatic heterocycles. The molecule has 1 aromatic rings. The molecule has 0 aliphatic rings. The molecule has 0 fully saturated rings. The summed E-state index contributed by atoms with van der Waals surface area (Å²) < 4.78 is 5.63. The van der Waals surface area contributed by atoms with Crippen molar-refractivity contribution in [3.8, 4) is 5.75 Å². The van der Waals surface area contributed by atoms with E-state index in [1.807, 2.05) is 7.05 Å². The molecule has 0 bridgehead atoms. The number of hydrogen-bond acceptors (Lipinski definition) is 3. The second kappa shape index (κ2) is 6.76. The van der Waals surface area contributed by atoms with Crippen LogP contribution < -0.4 is 15.4 Å². The molecule has 2 N–H and O–H groups in total. The van der Waals surface area contributed by atoms with Gasteiger partial charge in [0.25, 0.3) is 0 Å². The fourth-order valence-corrected chi connectivity index (χ4v) is 2.40. The van der Waals surface area contributed by atoms with Gasteiger partial charge in [-0.05, 0) is 51.1 Å². The summed E-state index contributed by atoms with van der Waals surface area (Å²) in [5.74, 6) is 1.02. The van der Waals surface area contributed by atoms with E-state index in [4.69, 9.17) is 4.74 Å². The van der Waals surface area contributed by atoms with E-state index in [0.717, 1.165) is 18.8 Å². The molecule has 3 nitrogen and oxygen atoms in total. The number of nitrogens with one attached hydrogen (secondary N) is 2. The molecule has 0 saturated carbocycles. The van der Waals surface area contributed by atoms with Crippen LogP contribution in [-0.2, 0) is 0 Å². The molecule has 3 heteroatoms. The number of hydrogen-bond donors (Lipinski definition) is 2. The normalized spacial score (nSPS) is 12.6. The Morgan fingerprint density at radius 1 is 1.22 bits per heavy atom. The minimum atomic E-state index is 0.277. The lowest BCUT2D eigenvalue weighted by Gasteiger charge is -2.24. The summed E-state index contributed by atoms with van der Waals surface area (Å²) in [6.45, 7) is 10.4. The van der Waals surface area contributed by atoms with Crippen molar-refractivity contribution in [1.82, 2.24) is 10.6 Å². The zero-order chi connectivity index (χ0) is 13.7. The van der Waals surface area contributed by atoms with Crippen LogP contribution in [0.25, 0.3) is 0 Å². The first-order chi connectivity index (χ1) is 8.56. The molecular formula is C15H26N2O. The largest absolute Gasteiger partial charge is 0.496 e. The van der Waals surface area contributed by atoms with E-state index < -0.39 is 0 Å². The molecule has 1 aromatic carbocycles. The monoisotopic (exact) mass is 250 g/mol. The first-order valence-corrected chi connectivity index (χ1v) is 6.59. The van der Waals surface area contributed by atoms with Crippen molar-refractivity contribution < 1.29 is 4.74 Å². The van der Waals surface area contributed by atoms with Crippen LogP contribution >= 0.6 is 0 Å². The zero-order valence-electron chi connectivity index (χ0n) is 12.5. The standard InChI is InChI=1S/C15H26N2O/c1-7-17-9-13(16-5)14-11(3)8-10(2)12(4)15(14)18-6/h8,13,16-17H,7,9H2,1-6H3. The third-order valence-corrected chi connectivity index (χ3v) is 3.53. The highest BCUT2D eigenvalue weighted by molar-refractivity contribution is 5.51. The molecule has 0 aromatic heterocycles. The van der Waals surface area contributed by atoms with E-state index in [9.17, 15) is 0 Å². The van der Waals surface area contributed by atoms with Gasteiger partial charge < -0.3 is 15.4 Å². The number of rotatable bonds is 6. The summed E-state index contributed by atoms with van der Waals surface area (Å²) in [5.41, 5.74) is 5.07. The van der Waals surface area contributed by atoms with Crippen LogP contribution in [0.5, 0.6) is 5.75 Å². The fourth-order valence-electron chi connectivity index (χ4n) is 2.40. The third kappa shape index (κ3) is 3.03. The average Bonchev–Trinajstić information content (AvgIpc) is 2.36. The number of aryl methyl sites for hydroxylation is 2. The van der Waals surface area contributed by atoms with E-state index >= 15 is 0 Å². The number of likely N-dealkylation sites (N-methyl/N-ethyl adjacent to an activating group) is 2. The van der Waals surface area contributed by atoms with Crippen molar-refractivity contribution >= 4 is 0 Å². The van der Waals surface area contributed by atoms with Gasteiger partial charge in [0.2, 0.25) is 0 Å². The predicted molar refractivity (Wildman–Crippen MR) is 77.5 cm³/mol. The first-order valence-electron chi connectivity index (χ1n) is 6.59. The van der Waals surface area contributed by atoms with E-state index in [-0.39, 0.29) is 6.04 Å². The summed E-state index contributed by atoms with van der Waals surface area (Å²) in [7, 11) is 3.75. The van der Waals surface area contributed by atoms with Crippen LogP contribution in [0, 0.1) is 20.8 Å². The number of benzene rings is 1. The Morgan fingerprint density at radius 3 is 2.39 bits per heavy atom. The van der Waals surface area contributed by atoms with Gasteiger partial charge in [0.1, 0.15) is 5.75 Å². The topological polar surface area (TPSA) is 33.3 Å². The average molecular weight is 250 g/mol. The Hall–Kier alpha value is -1.06. The molecule has 0 radical (unpaired) electrons. The highest BCUT2D eigenvalue weighted by atomic mass is 16.5.